The average Bonchev–Trinajstić information content (AvgIpc) is 2.44. The summed E-state index contributed by atoms with van der Waals surface area (Å²) in [6.07, 6.45) is 2.91. The van der Waals surface area contributed by atoms with Crippen LogP contribution in [0.3, 0.4) is 0 Å². The third kappa shape index (κ3) is 2.62. The topological polar surface area (TPSA) is 238 Å². The van der Waals surface area contributed by atoms with E-state index in [1.807, 2.05) is 0 Å². The van der Waals surface area contributed by atoms with E-state index in [9.17, 15) is 9.13 Å². The second-order valence-electron chi connectivity index (χ2n) is 4.61. The summed E-state index contributed by atoms with van der Waals surface area (Å²) < 4.78 is 25.1. The van der Waals surface area contributed by atoms with E-state index in [1.165, 1.54) is 12.2 Å². The highest BCUT2D eigenvalue weighted by molar-refractivity contribution is 7.62. The van der Waals surface area contributed by atoms with Crippen molar-refractivity contribution in [3.05, 3.63) is 12.2 Å². The Morgan fingerprint density at radius 3 is 1.75 bits per heavy atom. The highest BCUT2D eigenvalue weighted by Gasteiger charge is 2.55. The number of rotatable bonds is 6. The molecule has 0 saturated carbocycles. The van der Waals surface area contributed by atoms with Crippen molar-refractivity contribution in [1.82, 2.24) is 20.8 Å². The normalized spacial score (nSPS) is 31.5. The minimum atomic E-state index is -3.63. The van der Waals surface area contributed by atoms with E-state index >= 15 is 0 Å². The third-order valence-corrected chi connectivity index (χ3v) is 7.94. The summed E-state index contributed by atoms with van der Waals surface area (Å²) in [7, 11) is -7.23. The van der Waals surface area contributed by atoms with Gasteiger partial charge >= 0.3 is 0 Å². The summed E-state index contributed by atoms with van der Waals surface area (Å²) in [6.45, 7) is 0. The molecule has 0 heterocycles. The maximum Gasteiger partial charge on any atom is 0.259 e. The molecule has 14 heteroatoms. The second kappa shape index (κ2) is 5.89. The monoisotopic (exact) mass is 328 g/mol. The molecule has 0 spiro atoms. The van der Waals surface area contributed by atoms with Crippen molar-refractivity contribution in [3.63, 3.8) is 0 Å². The van der Waals surface area contributed by atoms with Crippen LogP contribution in [-0.2, 0) is 9.13 Å². The number of hydrogen-bond donors (Lipinski definition) is 10. The molecule has 0 radical (unpaired) electrons. The Hall–Kier alpha value is -0.200. The van der Waals surface area contributed by atoms with Crippen molar-refractivity contribution in [3.8, 4) is 0 Å². The van der Waals surface area contributed by atoms with Gasteiger partial charge in [0.1, 0.15) is 10.6 Å². The average molecular weight is 328 g/mol. The van der Waals surface area contributed by atoms with Crippen LogP contribution in [0, 0.1) is 0 Å². The van der Waals surface area contributed by atoms with Crippen molar-refractivity contribution < 1.29 is 9.13 Å². The zero-order valence-electron chi connectivity index (χ0n) is 10.7. The highest BCUT2D eigenvalue weighted by atomic mass is 31.2. The summed E-state index contributed by atoms with van der Waals surface area (Å²) in [5.41, 5.74) is 12.2. The Kier molecular flexibility index (Phi) is 5.26. The van der Waals surface area contributed by atoms with Gasteiger partial charge in [-0.3, -0.25) is 32.5 Å². The molecule has 1 aliphatic carbocycles. The largest absolute Gasteiger partial charge is 0.316 e. The Bertz CT molecular complexity index is 468. The van der Waals surface area contributed by atoms with Crippen LogP contribution in [0.4, 0.5) is 0 Å². The minimum absolute atomic E-state index is 0.146. The van der Waals surface area contributed by atoms with E-state index in [0.29, 0.717) is 0 Å². The quantitative estimate of drug-likeness (QED) is 0.101. The van der Waals surface area contributed by atoms with Crippen LogP contribution in [0.15, 0.2) is 12.2 Å². The van der Waals surface area contributed by atoms with Gasteiger partial charge in [-0.2, -0.15) is 20.8 Å². The molecule has 0 aromatic heterocycles. The Labute approximate surface area is 116 Å². The lowest BCUT2D eigenvalue weighted by atomic mass is 9.97. The van der Waals surface area contributed by atoms with Crippen LogP contribution in [-0.4, -0.2) is 10.6 Å². The van der Waals surface area contributed by atoms with Crippen LogP contribution in [0.2, 0.25) is 0 Å². The Morgan fingerprint density at radius 2 is 1.35 bits per heavy atom. The molecular formula is C6H22N10O2P2. The molecule has 0 bridgehead atoms. The predicted molar refractivity (Wildman–Crippen MR) is 76.7 cm³/mol. The molecule has 1 aliphatic rings. The minimum Gasteiger partial charge on any atom is -0.316 e. The molecule has 2 unspecified atom stereocenters. The highest BCUT2D eigenvalue weighted by Crippen LogP contribution is 2.59. The summed E-state index contributed by atoms with van der Waals surface area (Å²) in [4.78, 5) is 0. The molecule has 0 aliphatic heterocycles. The maximum absolute atomic E-state index is 12.5. The van der Waals surface area contributed by atoms with Crippen LogP contribution >= 0.6 is 14.9 Å². The van der Waals surface area contributed by atoms with E-state index in [2.05, 4.69) is 20.8 Å². The van der Waals surface area contributed by atoms with Gasteiger partial charge < -0.3 is 11.5 Å². The predicted octanol–water partition coefficient (Wildman–Crippen LogP) is -3.11. The first-order valence-corrected chi connectivity index (χ1v) is 8.94. The number of hydrogen-bond acceptors (Lipinski definition) is 8. The molecule has 0 aromatic rings. The number of nitrogens with two attached hydrogens (primary N) is 6. The number of nitrogens with one attached hydrogen (secondary N) is 4. The van der Waals surface area contributed by atoms with Crippen LogP contribution < -0.4 is 55.6 Å². The van der Waals surface area contributed by atoms with Gasteiger partial charge in [0.2, 0.25) is 0 Å². The van der Waals surface area contributed by atoms with Gasteiger partial charge in [-0.15, -0.1) is 0 Å². The van der Waals surface area contributed by atoms with Gasteiger partial charge in [-0.1, -0.05) is 12.2 Å². The summed E-state index contributed by atoms with van der Waals surface area (Å²) in [5.74, 6) is 21.0. The van der Waals surface area contributed by atoms with E-state index in [0.717, 1.165) is 0 Å². The lowest BCUT2D eigenvalue weighted by Crippen LogP contribution is -2.60. The molecule has 1 rings (SSSR count). The first-order chi connectivity index (χ1) is 9.16. The van der Waals surface area contributed by atoms with Crippen molar-refractivity contribution in [2.75, 3.05) is 0 Å². The fourth-order valence-electron chi connectivity index (χ4n) is 2.12. The zero-order valence-corrected chi connectivity index (χ0v) is 12.5. The molecule has 20 heavy (non-hydrogen) atoms. The van der Waals surface area contributed by atoms with Crippen LogP contribution in [0.25, 0.3) is 0 Å². The van der Waals surface area contributed by atoms with Crippen molar-refractivity contribution in [2.24, 2.45) is 34.8 Å². The van der Waals surface area contributed by atoms with Crippen molar-refractivity contribution in [2.45, 2.75) is 23.4 Å². The standard InChI is InChI=1S/C6H22N10O2P2/c7-5(19(17,13-9)14-10)2-1-3-6(8,4-5)20(18,15-11)16-12/h1-2H,3-4,7-12H2,(H2,13,14,17)(H2,15,16,18). The zero-order chi connectivity index (χ0) is 15.7. The van der Waals surface area contributed by atoms with E-state index in [1.54, 1.807) is 0 Å². The van der Waals surface area contributed by atoms with Gasteiger partial charge in [0, 0.05) is 6.42 Å². The van der Waals surface area contributed by atoms with E-state index < -0.39 is 25.4 Å². The van der Waals surface area contributed by atoms with Crippen LogP contribution in [0.5, 0.6) is 0 Å². The van der Waals surface area contributed by atoms with Gasteiger partial charge in [0.05, 0.1) is 0 Å². The smallest absolute Gasteiger partial charge is 0.259 e. The first-order valence-electron chi connectivity index (χ1n) is 5.53. The van der Waals surface area contributed by atoms with Gasteiger partial charge in [-0.05, 0) is 6.42 Å². The molecule has 12 nitrogen and oxygen atoms in total. The molecule has 0 saturated heterocycles. The van der Waals surface area contributed by atoms with Crippen molar-refractivity contribution in [1.29, 1.82) is 0 Å². The Balaban J connectivity index is 3.27. The van der Waals surface area contributed by atoms with Gasteiger partial charge in [0.15, 0.2) is 0 Å². The third-order valence-electron chi connectivity index (χ3n) is 3.41. The molecule has 0 amide bonds. The fraction of sp³-hybridized carbons (Fsp3) is 0.667. The molecule has 118 valence electrons. The van der Waals surface area contributed by atoms with Crippen molar-refractivity contribution >= 4 is 14.9 Å². The lowest BCUT2D eigenvalue weighted by Gasteiger charge is -2.45. The number of hydrazine groups is 4. The lowest BCUT2D eigenvalue weighted by molar-refractivity contribution is 0.406. The molecule has 0 aromatic carbocycles. The van der Waals surface area contributed by atoms with Gasteiger partial charge in [-0.25, -0.2) is 0 Å². The van der Waals surface area contributed by atoms with E-state index in [4.69, 9.17) is 34.8 Å². The first kappa shape index (κ1) is 17.9. The van der Waals surface area contributed by atoms with Crippen LogP contribution in [0.1, 0.15) is 12.8 Å². The molecule has 0 fully saturated rings. The Morgan fingerprint density at radius 1 is 0.900 bits per heavy atom. The molecular weight excluding hydrogens is 306 g/mol. The van der Waals surface area contributed by atoms with Gasteiger partial charge in [0.25, 0.3) is 14.9 Å². The summed E-state index contributed by atoms with van der Waals surface area (Å²) in [5, 5.41) is 5.24. The SMILES string of the molecule is NNP(=O)(NN)C1(N)C=CCC(N)(P(=O)(NN)NN)C1. The summed E-state index contributed by atoms with van der Waals surface area (Å²) in [6, 6.07) is 0. The molecule has 2 atom stereocenters. The van der Waals surface area contributed by atoms with E-state index in [-0.39, 0.29) is 12.8 Å². The maximum atomic E-state index is 12.5. The fourth-order valence-corrected chi connectivity index (χ4v) is 5.05. The molecule has 16 N–H and O–H groups in total. The summed E-state index contributed by atoms with van der Waals surface area (Å²) >= 11 is 0. The second-order valence-corrected chi connectivity index (χ2v) is 9.81.